The van der Waals surface area contributed by atoms with E-state index in [0.29, 0.717) is 17.6 Å². The molecule has 2 amide bonds. The molecule has 110 valence electrons. The molecule has 2 atom stereocenters. The van der Waals surface area contributed by atoms with Crippen LogP contribution in [0.2, 0.25) is 0 Å². The fourth-order valence-electron chi connectivity index (χ4n) is 2.21. The van der Waals surface area contributed by atoms with E-state index in [9.17, 15) is 9.18 Å². The van der Waals surface area contributed by atoms with E-state index in [1.165, 1.54) is 12.1 Å². The Morgan fingerprint density at radius 2 is 2.35 bits per heavy atom. The minimum atomic E-state index is -0.304. The van der Waals surface area contributed by atoms with Crippen LogP contribution in [0.15, 0.2) is 22.7 Å². The lowest BCUT2D eigenvalue weighted by Crippen LogP contribution is -2.45. The van der Waals surface area contributed by atoms with E-state index < -0.39 is 0 Å². The van der Waals surface area contributed by atoms with Crippen LogP contribution >= 0.6 is 15.9 Å². The average molecular weight is 345 g/mol. The van der Waals surface area contributed by atoms with Gasteiger partial charge in [-0.25, -0.2) is 9.18 Å². The normalized spacial score (nSPS) is 22.4. The summed E-state index contributed by atoms with van der Waals surface area (Å²) in [6.07, 6.45) is 1.84. The maximum absolute atomic E-state index is 13.0. The Morgan fingerprint density at radius 3 is 3.05 bits per heavy atom. The molecule has 0 bridgehead atoms. The van der Waals surface area contributed by atoms with Crippen LogP contribution in [-0.2, 0) is 11.3 Å². The maximum atomic E-state index is 13.0. The van der Waals surface area contributed by atoms with Crippen LogP contribution in [0.1, 0.15) is 25.3 Å². The van der Waals surface area contributed by atoms with Gasteiger partial charge >= 0.3 is 6.03 Å². The van der Waals surface area contributed by atoms with Gasteiger partial charge in [-0.1, -0.05) is 22.0 Å². The summed E-state index contributed by atoms with van der Waals surface area (Å²) in [4.78, 5) is 11.8. The molecular formula is C14H18BrFN2O2. The van der Waals surface area contributed by atoms with Gasteiger partial charge in [0.05, 0.1) is 6.10 Å². The van der Waals surface area contributed by atoms with Crippen molar-refractivity contribution in [3.8, 4) is 0 Å². The third-order valence-corrected chi connectivity index (χ3v) is 4.01. The van der Waals surface area contributed by atoms with Gasteiger partial charge in [-0.05, 0) is 37.5 Å². The fourth-order valence-corrected chi connectivity index (χ4v) is 2.70. The monoisotopic (exact) mass is 344 g/mol. The molecule has 0 saturated carbocycles. The summed E-state index contributed by atoms with van der Waals surface area (Å²) >= 11 is 3.28. The first-order valence-corrected chi connectivity index (χ1v) is 7.44. The quantitative estimate of drug-likeness (QED) is 0.885. The maximum Gasteiger partial charge on any atom is 0.315 e. The molecule has 1 fully saturated rings. The van der Waals surface area contributed by atoms with Crippen LogP contribution < -0.4 is 10.6 Å². The lowest BCUT2D eigenvalue weighted by Gasteiger charge is -2.27. The number of carbonyl (C=O) groups is 1. The molecule has 1 aliphatic rings. The summed E-state index contributed by atoms with van der Waals surface area (Å²) in [5, 5.41) is 5.71. The van der Waals surface area contributed by atoms with Gasteiger partial charge < -0.3 is 15.4 Å². The summed E-state index contributed by atoms with van der Waals surface area (Å²) in [5.41, 5.74) is 0.835. The first kappa shape index (κ1) is 15.3. The standard InChI is InChI=1S/C14H18BrFN2O2/c1-9-6-12(4-5-20-9)18-14(19)17-8-10-2-3-11(16)7-13(10)15/h2-3,7,9,12H,4-6,8H2,1H3,(H2,17,18,19)/t9-,12+/m1/s1. The molecule has 20 heavy (non-hydrogen) atoms. The Bertz CT molecular complexity index is 484. The molecular weight excluding hydrogens is 327 g/mol. The van der Waals surface area contributed by atoms with Crippen LogP contribution in [0.25, 0.3) is 0 Å². The third kappa shape index (κ3) is 4.45. The fraction of sp³-hybridized carbons (Fsp3) is 0.500. The molecule has 1 aliphatic heterocycles. The van der Waals surface area contributed by atoms with Crippen LogP contribution in [0.4, 0.5) is 9.18 Å². The zero-order valence-corrected chi connectivity index (χ0v) is 12.9. The molecule has 1 aromatic rings. The second kappa shape index (κ2) is 7.04. The van der Waals surface area contributed by atoms with Crippen molar-refractivity contribution >= 4 is 22.0 Å². The van der Waals surface area contributed by atoms with Crippen molar-refractivity contribution < 1.29 is 13.9 Å². The van der Waals surface area contributed by atoms with E-state index >= 15 is 0 Å². The average Bonchev–Trinajstić information content (AvgIpc) is 2.37. The molecule has 0 radical (unpaired) electrons. The van der Waals surface area contributed by atoms with E-state index in [4.69, 9.17) is 4.74 Å². The smallest absolute Gasteiger partial charge is 0.315 e. The van der Waals surface area contributed by atoms with E-state index in [1.807, 2.05) is 6.92 Å². The number of ether oxygens (including phenoxy) is 1. The van der Waals surface area contributed by atoms with Crippen molar-refractivity contribution in [2.75, 3.05) is 6.61 Å². The number of amides is 2. The van der Waals surface area contributed by atoms with Crippen LogP contribution in [0, 0.1) is 5.82 Å². The van der Waals surface area contributed by atoms with Gasteiger partial charge in [-0.2, -0.15) is 0 Å². The summed E-state index contributed by atoms with van der Waals surface area (Å²) in [5.74, 6) is -0.304. The highest BCUT2D eigenvalue weighted by molar-refractivity contribution is 9.10. The second-order valence-corrected chi connectivity index (χ2v) is 5.82. The minimum Gasteiger partial charge on any atom is -0.378 e. The Kier molecular flexibility index (Phi) is 5.37. The zero-order chi connectivity index (χ0) is 14.5. The van der Waals surface area contributed by atoms with Gasteiger partial charge in [0.25, 0.3) is 0 Å². The number of hydrogen-bond donors (Lipinski definition) is 2. The molecule has 2 N–H and O–H groups in total. The highest BCUT2D eigenvalue weighted by Crippen LogP contribution is 2.18. The van der Waals surface area contributed by atoms with E-state index in [2.05, 4.69) is 26.6 Å². The van der Waals surface area contributed by atoms with Crippen molar-refractivity contribution in [1.29, 1.82) is 0 Å². The van der Waals surface area contributed by atoms with Gasteiger partial charge in [-0.3, -0.25) is 0 Å². The molecule has 6 heteroatoms. The lowest BCUT2D eigenvalue weighted by atomic mass is 10.0. The molecule has 0 aliphatic carbocycles. The van der Waals surface area contributed by atoms with E-state index in [1.54, 1.807) is 6.07 Å². The number of carbonyl (C=O) groups excluding carboxylic acids is 1. The van der Waals surface area contributed by atoms with Crippen molar-refractivity contribution in [2.24, 2.45) is 0 Å². The number of nitrogens with one attached hydrogen (secondary N) is 2. The van der Waals surface area contributed by atoms with Gasteiger partial charge in [0.2, 0.25) is 0 Å². The van der Waals surface area contributed by atoms with E-state index in [-0.39, 0.29) is 24.0 Å². The number of rotatable bonds is 3. The van der Waals surface area contributed by atoms with Gasteiger partial charge in [-0.15, -0.1) is 0 Å². The molecule has 1 saturated heterocycles. The number of hydrogen-bond acceptors (Lipinski definition) is 2. The summed E-state index contributed by atoms with van der Waals surface area (Å²) in [6, 6.07) is 4.35. The Hall–Kier alpha value is -1.14. The molecule has 4 nitrogen and oxygen atoms in total. The Morgan fingerprint density at radius 1 is 1.55 bits per heavy atom. The predicted octanol–water partition coefficient (Wildman–Crippen LogP) is 2.95. The topological polar surface area (TPSA) is 50.4 Å². The number of halogens is 2. The summed E-state index contributed by atoms with van der Waals surface area (Å²) in [7, 11) is 0. The highest BCUT2D eigenvalue weighted by atomic mass is 79.9. The number of urea groups is 1. The minimum absolute atomic E-state index is 0.149. The Balaban J connectivity index is 1.80. The largest absolute Gasteiger partial charge is 0.378 e. The molecule has 2 rings (SSSR count). The lowest BCUT2D eigenvalue weighted by molar-refractivity contribution is 0.0154. The van der Waals surface area contributed by atoms with E-state index in [0.717, 1.165) is 18.4 Å². The van der Waals surface area contributed by atoms with Gasteiger partial charge in [0.1, 0.15) is 5.82 Å². The zero-order valence-electron chi connectivity index (χ0n) is 11.3. The van der Waals surface area contributed by atoms with Crippen LogP contribution in [-0.4, -0.2) is 24.8 Å². The van der Waals surface area contributed by atoms with Gasteiger partial charge in [0, 0.05) is 23.7 Å². The predicted molar refractivity (Wildman–Crippen MR) is 77.9 cm³/mol. The second-order valence-electron chi connectivity index (χ2n) is 4.97. The number of benzene rings is 1. The molecule has 1 aromatic carbocycles. The third-order valence-electron chi connectivity index (χ3n) is 3.27. The summed E-state index contributed by atoms with van der Waals surface area (Å²) < 4.78 is 19.0. The molecule has 0 spiro atoms. The van der Waals surface area contributed by atoms with Crippen molar-refractivity contribution in [1.82, 2.24) is 10.6 Å². The van der Waals surface area contributed by atoms with Crippen LogP contribution in [0.5, 0.6) is 0 Å². The van der Waals surface area contributed by atoms with Gasteiger partial charge in [0.15, 0.2) is 0 Å². The SMILES string of the molecule is C[C@@H]1C[C@@H](NC(=O)NCc2ccc(F)cc2Br)CCO1. The highest BCUT2D eigenvalue weighted by Gasteiger charge is 2.20. The molecule has 0 unspecified atom stereocenters. The van der Waals surface area contributed by atoms with Crippen molar-refractivity contribution in [2.45, 2.75) is 38.5 Å². The first-order valence-electron chi connectivity index (χ1n) is 6.64. The van der Waals surface area contributed by atoms with Crippen molar-refractivity contribution in [3.05, 3.63) is 34.1 Å². The van der Waals surface area contributed by atoms with Crippen molar-refractivity contribution in [3.63, 3.8) is 0 Å². The molecule has 0 aromatic heterocycles. The first-order chi connectivity index (χ1) is 9.54. The molecule has 1 heterocycles. The Labute approximate surface area is 126 Å². The van der Waals surface area contributed by atoms with Crippen LogP contribution in [0.3, 0.4) is 0 Å². The summed E-state index contributed by atoms with van der Waals surface area (Å²) in [6.45, 7) is 3.03.